The second kappa shape index (κ2) is 5.87. The van der Waals surface area contributed by atoms with E-state index in [4.69, 9.17) is 11.6 Å². The van der Waals surface area contributed by atoms with Gasteiger partial charge in [0.05, 0.1) is 10.7 Å². The van der Waals surface area contributed by atoms with Gasteiger partial charge in [0.1, 0.15) is 6.04 Å². The van der Waals surface area contributed by atoms with Crippen LogP contribution in [0.2, 0.25) is 5.02 Å². The summed E-state index contributed by atoms with van der Waals surface area (Å²) >= 11 is 5.68. The molecule has 0 aliphatic heterocycles. The van der Waals surface area contributed by atoms with Crippen molar-refractivity contribution >= 4 is 17.5 Å². The van der Waals surface area contributed by atoms with Gasteiger partial charge in [-0.3, -0.25) is 9.48 Å². The molecule has 1 saturated carbocycles. The normalized spacial score (nSPS) is 18.0. The van der Waals surface area contributed by atoms with E-state index in [0.717, 1.165) is 30.4 Å². The molecule has 1 aliphatic rings. The van der Waals surface area contributed by atoms with Crippen LogP contribution >= 0.6 is 11.6 Å². The molecule has 0 aromatic carbocycles. The lowest BCUT2D eigenvalue weighted by atomic mass is 10.2. The molecule has 0 bridgehead atoms. The van der Waals surface area contributed by atoms with E-state index in [0.29, 0.717) is 0 Å². The molecule has 21 heavy (non-hydrogen) atoms. The molecule has 1 N–H and O–H groups in total. The Hall–Kier alpha value is -1.24. The van der Waals surface area contributed by atoms with Gasteiger partial charge in [0.25, 0.3) is 0 Å². The first-order chi connectivity index (χ1) is 9.71. The maximum absolute atomic E-state index is 12.8. The monoisotopic (exact) mass is 323 g/mol. The maximum atomic E-state index is 12.8. The number of carbonyl (C=O) groups is 1. The van der Waals surface area contributed by atoms with Crippen molar-refractivity contribution in [3.63, 3.8) is 0 Å². The molecule has 1 unspecified atom stereocenters. The molecular formula is C13H17ClF3N3O. The van der Waals surface area contributed by atoms with Gasteiger partial charge < -0.3 is 5.32 Å². The van der Waals surface area contributed by atoms with Crippen molar-refractivity contribution in [2.45, 2.75) is 57.8 Å². The third-order valence-corrected chi connectivity index (χ3v) is 4.25. The zero-order chi connectivity index (χ0) is 15.8. The van der Waals surface area contributed by atoms with Gasteiger partial charge in [-0.2, -0.15) is 18.3 Å². The topological polar surface area (TPSA) is 46.9 Å². The number of hydrogen-bond donors (Lipinski definition) is 1. The molecule has 1 heterocycles. The second-order valence-corrected chi connectivity index (χ2v) is 5.73. The van der Waals surface area contributed by atoms with Gasteiger partial charge in [0, 0.05) is 6.04 Å². The molecule has 1 fully saturated rings. The highest BCUT2D eigenvalue weighted by atomic mass is 35.5. The number of halogens is 4. The van der Waals surface area contributed by atoms with Gasteiger partial charge in [0.15, 0.2) is 5.69 Å². The van der Waals surface area contributed by atoms with E-state index in [1.807, 2.05) is 0 Å². The van der Waals surface area contributed by atoms with E-state index in [1.165, 1.54) is 13.8 Å². The summed E-state index contributed by atoms with van der Waals surface area (Å²) in [5.74, 6) is -0.335. The van der Waals surface area contributed by atoms with Crippen LogP contribution in [0.15, 0.2) is 0 Å². The smallest absolute Gasteiger partial charge is 0.352 e. The van der Waals surface area contributed by atoms with Crippen LogP contribution in [0.1, 0.15) is 50.0 Å². The summed E-state index contributed by atoms with van der Waals surface area (Å²) in [5.41, 5.74) is -1.01. The van der Waals surface area contributed by atoms with E-state index >= 15 is 0 Å². The Balaban J connectivity index is 2.18. The van der Waals surface area contributed by atoms with E-state index in [2.05, 4.69) is 10.4 Å². The number of nitrogens with one attached hydrogen (secondary N) is 1. The average molecular weight is 324 g/mol. The molecular weight excluding hydrogens is 307 g/mol. The van der Waals surface area contributed by atoms with Crippen LogP contribution in [-0.4, -0.2) is 21.7 Å². The van der Waals surface area contributed by atoms with E-state index in [-0.39, 0.29) is 17.6 Å². The zero-order valence-corrected chi connectivity index (χ0v) is 12.6. The Labute approximate surface area is 125 Å². The number of carbonyl (C=O) groups excluding carboxylic acids is 1. The summed E-state index contributed by atoms with van der Waals surface area (Å²) in [4.78, 5) is 12.1. The SMILES string of the molecule is Cc1c(Cl)c(C(F)(F)F)nn1C(C)C(=O)NC1CCCC1. The van der Waals surface area contributed by atoms with Gasteiger partial charge in [-0.1, -0.05) is 24.4 Å². The minimum atomic E-state index is -4.63. The van der Waals surface area contributed by atoms with E-state index < -0.39 is 22.9 Å². The summed E-state index contributed by atoms with van der Waals surface area (Å²) in [6, 6.07) is -0.729. The fourth-order valence-electron chi connectivity index (χ4n) is 2.56. The summed E-state index contributed by atoms with van der Waals surface area (Å²) in [6.45, 7) is 2.94. The van der Waals surface area contributed by atoms with Crippen molar-refractivity contribution in [3.05, 3.63) is 16.4 Å². The lowest BCUT2D eigenvalue weighted by molar-refractivity contribution is -0.141. The van der Waals surface area contributed by atoms with Gasteiger partial charge >= 0.3 is 6.18 Å². The van der Waals surface area contributed by atoms with Crippen LogP contribution in [0.4, 0.5) is 13.2 Å². The molecule has 0 saturated heterocycles. The van der Waals surface area contributed by atoms with Gasteiger partial charge in [-0.15, -0.1) is 0 Å². The Kier molecular flexibility index (Phi) is 4.51. The van der Waals surface area contributed by atoms with Crippen molar-refractivity contribution in [1.82, 2.24) is 15.1 Å². The molecule has 0 spiro atoms. The maximum Gasteiger partial charge on any atom is 0.436 e. The first-order valence-corrected chi connectivity index (χ1v) is 7.21. The molecule has 118 valence electrons. The Morgan fingerprint density at radius 1 is 1.43 bits per heavy atom. The number of nitrogens with zero attached hydrogens (tertiary/aromatic N) is 2. The standard InChI is InChI=1S/C13H17ClF3N3O/c1-7-10(14)11(13(15,16)17)19-20(7)8(2)12(21)18-9-5-3-4-6-9/h8-9H,3-6H2,1-2H3,(H,18,21). The van der Waals surface area contributed by atoms with E-state index in [1.54, 1.807) is 0 Å². The largest absolute Gasteiger partial charge is 0.436 e. The molecule has 1 amide bonds. The number of alkyl halides is 3. The number of hydrogen-bond acceptors (Lipinski definition) is 2. The molecule has 0 radical (unpaired) electrons. The summed E-state index contributed by atoms with van der Waals surface area (Å²) in [7, 11) is 0. The minimum absolute atomic E-state index is 0.105. The van der Waals surface area contributed by atoms with Crippen LogP contribution in [-0.2, 0) is 11.0 Å². The molecule has 2 rings (SSSR count). The number of rotatable bonds is 3. The van der Waals surface area contributed by atoms with Gasteiger partial charge in [-0.25, -0.2) is 0 Å². The highest BCUT2D eigenvalue weighted by Crippen LogP contribution is 2.36. The Morgan fingerprint density at radius 3 is 2.48 bits per heavy atom. The van der Waals surface area contributed by atoms with E-state index in [9.17, 15) is 18.0 Å². The third-order valence-electron chi connectivity index (χ3n) is 3.79. The van der Waals surface area contributed by atoms with Crippen LogP contribution in [0.25, 0.3) is 0 Å². The summed E-state index contributed by atoms with van der Waals surface area (Å²) in [5, 5.41) is 5.87. The van der Waals surface area contributed by atoms with Crippen LogP contribution in [0.3, 0.4) is 0 Å². The molecule has 8 heteroatoms. The quantitative estimate of drug-likeness (QED) is 0.925. The number of amides is 1. The van der Waals surface area contributed by atoms with Crippen molar-refractivity contribution in [2.75, 3.05) is 0 Å². The van der Waals surface area contributed by atoms with Crippen molar-refractivity contribution < 1.29 is 18.0 Å². The van der Waals surface area contributed by atoms with Crippen LogP contribution in [0, 0.1) is 6.92 Å². The molecule has 1 aliphatic carbocycles. The lowest BCUT2D eigenvalue weighted by Crippen LogP contribution is -2.38. The van der Waals surface area contributed by atoms with Gasteiger partial charge in [0.2, 0.25) is 5.91 Å². The summed E-state index contributed by atoms with van der Waals surface area (Å²) < 4.78 is 39.4. The zero-order valence-electron chi connectivity index (χ0n) is 11.8. The predicted octanol–water partition coefficient (Wildman–Crippen LogP) is 3.48. The van der Waals surface area contributed by atoms with Crippen LogP contribution in [0.5, 0.6) is 0 Å². The molecule has 1 aromatic rings. The highest BCUT2D eigenvalue weighted by molar-refractivity contribution is 6.32. The third kappa shape index (κ3) is 3.33. The fraction of sp³-hybridized carbons (Fsp3) is 0.692. The molecule has 1 atom stereocenters. The lowest BCUT2D eigenvalue weighted by Gasteiger charge is -2.18. The summed E-state index contributed by atoms with van der Waals surface area (Å²) in [6.07, 6.45) is -0.695. The minimum Gasteiger partial charge on any atom is -0.352 e. The van der Waals surface area contributed by atoms with Gasteiger partial charge in [-0.05, 0) is 26.7 Å². The fourth-order valence-corrected chi connectivity index (χ4v) is 2.79. The van der Waals surface area contributed by atoms with Crippen molar-refractivity contribution in [3.8, 4) is 0 Å². The Bertz CT molecular complexity index is 535. The van der Waals surface area contributed by atoms with Crippen LogP contribution < -0.4 is 5.32 Å². The average Bonchev–Trinajstić information content (AvgIpc) is 2.98. The predicted molar refractivity (Wildman–Crippen MR) is 72.1 cm³/mol. The first kappa shape index (κ1) is 16.1. The highest BCUT2D eigenvalue weighted by Gasteiger charge is 2.39. The number of aromatic nitrogens is 2. The molecule has 4 nitrogen and oxygen atoms in total. The second-order valence-electron chi connectivity index (χ2n) is 5.36. The van der Waals surface area contributed by atoms with Crippen molar-refractivity contribution in [2.24, 2.45) is 0 Å². The Morgan fingerprint density at radius 2 is 2.00 bits per heavy atom. The first-order valence-electron chi connectivity index (χ1n) is 6.84. The van der Waals surface area contributed by atoms with Crippen molar-refractivity contribution in [1.29, 1.82) is 0 Å². The molecule has 1 aromatic heterocycles.